The highest BCUT2D eigenvalue weighted by molar-refractivity contribution is 5.60. The number of aliphatic hydroxyl groups excluding tert-OH is 1. The van der Waals surface area contributed by atoms with Crippen molar-refractivity contribution in [2.24, 2.45) is 0 Å². The van der Waals surface area contributed by atoms with E-state index in [4.69, 9.17) is 4.74 Å². The van der Waals surface area contributed by atoms with E-state index in [1.54, 1.807) is 14.0 Å². The zero-order valence-corrected chi connectivity index (χ0v) is 12.6. The minimum Gasteiger partial charge on any atom is -0.496 e. The Kier molecular flexibility index (Phi) is 4.55. The number of rotatable bonds is 3. The molecule has 0 radical (unpaired) electrons. The van der Waals surface area contributed by atoms with Gasteiger partial charge >= 0.3 is 0 Å². The summed E-state index contributed by atoms with van der Waals surface area (Å²) < 4.78 is 5.37. The maximum atomic E-state index is 10.2. The fraction of sp³-hybridized carbons (Fsp3) is 0.625. The first-order chi connectivity index (χ1) is 9.44. The Morgan fingerprint density at radius 3 is 2.70 bits per heavy atom. The number of nitrogens with zero attached hydrogens (tertiary/aromatic N) is 1. The van der Waals surface area contributed by atoms with E-state index in [1.807, 2.05) is 25.1 Å². The molecule has 2 atom stereocenters. The summed E-state index contributed by atoms with van der Waals surface area (Å²) in [6.07, 6.45) is 1.93. The molecule has 1 fully saturated rings. The molecule has 20 heavy (non-hydrogen) atoms. The van der Waals surface area contributed by atoms with E-state index < -0.39 is 11.7 Å². The van der Waals surface area contributed by atoms with Crippen molar-refractivity contribution < 1.29 is 14.9 Å². The normalized spacial score (nSPS) is 25.1. The van der Waals surface area contributed by atoms with Gasteiger partial charge in [0.15, 0.2) is 0 Å². The second kappa shape index (κ2) is 6.02. The lowest BCUT2D eigenvalue weighted by molar-refractivity contribution is 0.0481. The summed E-state index contributed by atoms with van der Waals surface area (Å²) in [5.41, 5.74) is 1.26. The van der Waals surface area contributed by atoms with E-state index in [0.29, 0.717) is 5.75 Å². The molecule has 2 N–H and O–H groups in total. The average molecular weight is 279 g/mol. The Bertz CT molecular complexity index is 457. The molecule has 0 bridgehead atoms. The number of anilines is 1. The van der Waals surface area contributed by atoms with Crippen LogP contribution in [0.15, 0.2) is 18.2 Å². The quantitative estimate of drug-likeness (QED) is 0.892. The lowest BCUT2D eigenvalue weighted by Crippen LogP contribution is -2.29. The highest BCUT2D eigenvalue weighted by atomic mass is 16.5. The Balaban J connectivity index is 2.32. The van der Waals surface area contributed by atoms with Gasteiger partial charge in [0, 0.05) is 24.3 Å². The maximum absolute atomic E-state index is 10.2. The molecule has 0 spiro atoms. The van der Waals surface area contributed by atoms with Crippen LogP contribution in [0, 0.1) is 0 Å². The first kappa shape index (κ1) is 15.1. The standard InChI is InChI=1S/C16H25NO3/c1-12(18)15-13(6-4-7-14(15)20-3)17-10-5-8-16(2,19)9-11-17/h4,6-7,12,18-19H,5,8-11H2,1-3H3/t12-,16?/m1/s1. The molecule has 1 aliphatic rings. The third kappa shape index (κ3) is 3.25. The molecule has 1 aromatic carbocycles. The van der Waals surface area contributed by atoms with Crippen molar-refractivity contribution in [2.45, 2.75) is 44.8 Å². The van der Waals surface area contributed by atoms with Crippen LogP contribution in [0.3, 0.4) is 0 Å². The second-order valence-corrected chi connectivity index (χ2v) is 5.91. The first-order valence-corrected chi connectivity index (χ1v) is 7.27. The Labute approximate surface area is 121 Å². The minimum absolute atomic E-state index is 0.579. The summed E-state index contributed by atoms with van der Waals surface area (Å²) in [7, 11) is 1.62. The highest BCUT2D eigenvalue weighted by Gasteiger charge is 2.27. The lowest BCUT2D eigenvalue weighted by Gasteiger charge is -2.28. The van der Waals surface area contributed by atoms with Crippen molar-refractivity contribution in [3.63, 3.8) is 0 Å². The third-order valence-electron chi connectivity index (χ3n) is 4.09. The van der Waals surface area contributed by atoms with E-state index in [0.717, 1.165) is 43.6 Å². The van der Waals surface area contributed by atoms with Gasteiger partial charge in [-0.3, -0.25) is 0 Å². The predicted octanol–water partition coefficient (Wildman–Crippen LogP) is 2.49. The molecule has 0 aromatic heterocycles. The van der Waals surface area contributed by atoms with E-state index in [9.17, 15) is 10.2 Å². The monoisotopic (exact) mass is 279 g/mol. The van der Waals surface area contributed by atoms with Gasteiger partial charge in [0.05, 0.1) is 18.8 Å². The van der Waals surface area contributed by atoms with Crippen LogP contribution in [0.5, 0.6) is 5.75 Å². The molecule has 0 amide bonds. The summed E-state index contributed by atoms with van der Waals surface area (Å²) in [5.74, 6) is 0.716. The molecule has 1 heterocycles. The minimum atomic E-state index is -0.585. The molecule has 0 saturated carbocycles. The largest absolute Gasteiger partial charge is 0.496 e. The smallest absolute Gasteiger partial charge is 0.126 e. The van der Waals surface area contributed by atoms with E-state index in [1.165, 1.54) is 0 Å². The summed E-state index contributed by atoms with van der Waals surface area (Å²) in [6, 6.07) is 5.84. The second-order valence-electron chi connectivity index (χ2n) is 5.91. The van der Waals surface area contributed by atoms with Gasteiger partial charge < -0.3 is 19.8 Å². The van der Waals surface area contributed by atoms with Crippen molar-refractivity contribution in [3.8, 4) is 5.75 Å². The van der Waals surface area contributed by atoms with Gasteiger partial charge in [0.1, 0.15) is 5.75 Å². The zero-order chi connectivity index (χ0) is 14.8. The van der Waals surface area contributed by atoms with Crippen LogP contribution in [0.4, 0.5) is 5.69 Å². The summed E-state index contributed by atoms with van der Waals surface area (Å²) in [4.78, 5) is 2.24. The molecule has 4 heteroatoms. The Morgan fingerprint density at radius 2 is 2.05 bits per heavy atom. The van der Waals surface area contributed by atoms with Crippen LogP contribution in [0.2, 0.25) is 0 Å². The molecular weight excluding hydrogens is 254 g/mol. The van der Waals surface area contributed by atoms with Crippen LogP contribution in [0.25, 0.3) is 0 Å². The Hall–Kier alpha value is -1.26. The molecule has 1 aliphatic heterocycles. The number of methoxy groups -OCH3 is 1. The van der Waals surface area contributed by atoms with Gasteiger partial charge in [-0.15, -0.1) is 0 Å². The van der Waals surface area contributed by atoms with Gasteiger partial charge in [-0.2, -0.15) is 0 Å². The van der Waals surface area contributed by atoms with Crippen LogP contribution in [0.1, 0.15) is 44.8 Å². The van der Waals surface area contributed by atoms with E-state index in [-0.39, 0.29) is 0 Å². The van der Waals surface area contributed by atoms with Crippen LogP contribution >= 0.6 is 0 Å². The summed E-state index contributed by atoms with van der Waals surface area (Å²) in [6.45, 7) is 5.34. The summed E-state index contributed by atoms with van der Waals surface area (Å²) >= 11 is 0. The van der Waals surface area contributed by atoms with E-state index in [2.05, 4.69) is 4.90 Å². The number of ether oxygens (including phenoxy) is 1. The topological polar surface area (TPSA) is 52.9 Å². The van der Waals surface area contributed by atoms with Crippen LogP contribution in [-0.4, -0.2) is 36.0 Å². The van der Waals surface area contributed by atoms with E-state index >= 15 is 0 Å². The molecule has 2 rings (SSSR count). The van der Waals surface area contributed by atoms with Crippen molar-refractivity contribution >= 4 is 5.69 Å². The molecule has 4 nitrogen and oxygen atoms in total. The SMILES string of the molecule is COc1cccc(N2CCCC(C)(O)CC2)c1[C@@H](C)O. The third-order valence-corrected chi connectivity index (χ3v) is 4.09. The predicted molar refractivity (Wildman–Crippen MR) is 80.3 cm³/mol. The molecule has 0 aliphatic carbocycles. The van der Waals surface area contributed by atoms with Gasteiger partial charge in [0.2, 0.25) is 0 Å². The molecule has 1 aromatic rings. The van der Waals surface area contributed by atoms with Gasteiger partial charge in [0.25, 0.3) is 0 Å². The highest BCUT2D eigenvalue weighted by Crippen LogP contribution is 2.36. The Morgan fingerprint density at radius 1 is 1.30 bits per heavy atom. The number of hydrogen-bond acceptors (Lipinski definition) is 4. The lowest BCUT2D eigenvalue weighted by atomic mass is 9.98. The maximum Gasteiger partial charge on any atom is 0.126 e. The fourth-order valence-electron chi connectivity index (χ4n) is 2.91. The fourth-order valence-corrected chi connectivity index (χ4v) is 2.91. The van der Waals surface area contributed by atoms with Gasteiger partial charge in [-0.1, -0.05) is 6.07 Å². The molecule has 1 unspecified atom stereocenters. The average Bonchev–Trinajstić information content (AvgIpc) is 2.58. The molecular formula is C16H25NO3. The van der Waals surface area contributed by atoms with Gasteiger partial charge in [-0.25, -0.2) is 0 Å². The number of hydrogen-bond donors (Lipinski definition) is 2. The first-order valence-electron chi connectivity index (χ1n) is 7.27. The number of aliphatic hydroxyl groups is 2. The van der Waals surface area contributed by atoms with Crippen molar-refractivity contribution in [2.75, 3.05) is 25.1 Å². The van der Waals surface area contributed by atoms with Crippen LogP contribution < -0.4 is 9.64 Å². The van der Waals surface area contributed by atoms with Crippen molar-refractivity contribution in [1.82, 2.24) is 0 Å². The van der Waals surface area contributed by atoms with Crippen molar-refractivity contribution in [3.05, 3.63) is 23.8 Å². The summed E-state index contributed by atoms with van der Waals surface area (Å²) in [5, 5.41) is 20.3. The molecule has 1 saturated heterocycles. The zero-order valence-electron chi connectivity index (χ0n) is 12.6. The van der Waals surface area contributed by atoms with Crippen molar-refractivity contribution in [1.29, 1.82) is 0 Å². The van der Waals surface area contributed by atoms with Gasteiger partial charge in [-0.05, 0) is 45.2 Å². The molecule has 112 valence electrons. The van der Waals surface area contributed by atoms with Crippen LogP contribution in [-0.2, 0) is 0 Å². The number of benzene rings is 1.